The molecule has 1 aromatic carbocycles. The molecule has 0 unspecified atom stereocenters. The van der Waals surface area contributed by atoms with E-state index in [2.05, 4.69) is 29.4 Å². The predicted molar refractivity (Wildman–Crippen MR) is 84.9 cm³/mol. The minimum absolute atomic E-state index is 0.237. The Morgan fingerprint density at radius 3 is 2.37 bits per heavy atom. The second-order valence-electron chi connectivity index (χ2n) is 4.92. The van der Waals surface area contributed by atoms with E-state index in [1.54, 1.807) is 11.3 Å². The summed E-state index contributed by atoms with van der Waals surface area (Å²) in [6.07, 6.45) is 0.795. The molecule has 1 heterocycles. The molecule has 0 fully saturated rings. The van der Waals surface area contributed by atoms with E-state index in [9.17, 15) is 0 Å². The van der Waals surface area contributed by atoms with E-state index < -0.39 is 0 Å². The third kappa shape index (κ3) is 3.13. The number of halogens is 2. The Kier molecular flexibility index (Phi) is 4.88. The van der Waals surface area contributed by atoms with Gasteiger partial charge in [-0.15, -0.1) is 34.5 Å². The highest BCUT2D eigenvalue weighted by atomic mass is 35.5. The van der Waals surface area contributed by atoms with Gasteiger partial charge in [-0.2, -0.15) is 0 Å². The molecule has 0 N–H and O–H groups in total. The SMILES string of the molecule is Cc1csc(CC(CCl)(CCl)c2ccccc2C)n1. The van der Waals surface area contributed by atoms with Crippen molar-refractivity contribution in [2.75, 3.05) is 11.8 Å². The van der Waals surface area contributed by atoms with E-state index in [1.807, 2.05) is 19.1 Å². The maximum Gasteiger partial charge on any atom is 0.0937 e. The molecule has 1 nitrogen and oxygen atoms in total. The van der Waals surface area contributed by atoms with Crippen LogP contribution >= 0.6 is 34.5 Å². The predicted octanol–water partition coefficient (Wildman–Crippen LogP) is 4.72. The first-order chi connectivity index (χ1) is 9.11. The molecule has 19 heavy (non-hydrogen) atoms. The van der Waals surface area contributed by atoms with Gasteiger partial charge in [0, 0.05) is 34.7 Å². The fourth-order valence-electron chi connectivity index (χ4n) is 2.31. The fourth-order valence-corrected chi connectivity index (χ4v) is 3.99. The third-order valence-electron chi connectivity index (χ3n) is 3.38. The van der Waals surface area contributed by atoms with Crippen molar-refractivity contribution >= 4 is 34.5 Å². The molecule has 0 saturated heterocycles. The molecule has 2 aromatic rings. The van der Waals surface area contributed by atoms with Gasteiger partial charge in [-0.1, -0.05) is 24.3 Å². The Balaban J connectivity index is 2.40. The van der Waals surface area contributed by atoms with Crippen LogP contribution in [0.15, 0.2) is 29.6 Å². The summed E-state index contributed by atoms with van der Waals surface area (Å²) in [4.78, 5) is 4.55. The molecule has 0 aliphatic carbocycles. The van der Waals surface area contributed by atoms with Crippen molar-refractivity contribution in [2.45, 2.75) is 25.7 Å². The van der Waals surface area contributed by atoms with Crippen molar-refractivity contribution < 1.29 is 0 Å². The molecular weight excluding hydrogens is 297 g/mol. The van der Waals surface area contributed by atoms with Crippen LogP contribution in [0, 0.1) is 13.8 Å². The lowest BCUT2D eigenvalue weighted by Gasteiger charge is -2.31. The third-order valence-corrected chi connectivity index (χ3v) is 5.37. The van der Waals surface area contributed by atoms with Gasteiger partial charge >= 0.3 is 0 Å². The summed E-state index contributed by atoms with van der Waals surface area (Å²) in [5.41, 5.74) is 3.28. The standard InChI is InChI=1S/C15H17Cl2NS/c1-11-5-3-4-6-13(11)15(9-16,10-17)7-14-18-12(2)8-19-14/h3-6,8H,7,9-10H2,1-2H3. The lowest BCUT2D eigenvalue weighted by Crippen LogP contribution is -2.34. The van der Waals surface area contributed by atoms with Crippen molar-refractivity contribution in [2.24, 2.45) is 0 Å². The van der Waals surface area contributed by atoms with Gasteiger partial charge in [0.25, 0.3) is 0 Å². The van der Waals surface area contributed by atoms with Crippen LogP contribution in [-0.2, 0) is 11.8 Å². The molecule has 0 aliphatic rings. The molecule has 0 atom stereocenters. The van der Waals surface area contributed by atoms with Crippen molar-refractivity contribution in [3.05, 3.63) is 51.5 Å². The monoisotopic (exact) mass is 313 g/mol. The summed E-state index contributed by atoms with van der Waals surface area (Å²) < 4.78 is 0. The molecule has 0 saturated carbocycles. The van der Waals surface area contributed by atoms with Gasteiger partial charge in [-0.25, -0.2) is 4.98 Å². The molecule has 4 heteroatoms. The van der Waals surface area contributed by atoms with E-state index in [-0.39, 0.29) is 5.41 Å². The Hall–Kier alpha value is -0.570. The van der Waals surface area contributed by atoms with Crippen molar-refractivity contribution in [1.82, 2.24) is 4.98 Å². The quantitative estimate of drug-likeness (QED) is 0.728. The molecule has 0 radical (unpaired) electrons. The van der Waals surface area contributed by atoms with E-state index in [4.69, 9.17) is 23.2 Å². The van der Waals surface area contributed by atoms with Crippen LogP contribution in [-0.4, -0.2) is 16.7 Å². The first kappa shape index (κ1) is 14.8. The average Bonchev–Trinajstić information content (AvgIpc) is 2.82. The van der Waals surface area contributed by atoms with E-state index in [0.717, 1.165) is 17.1 Å². The minimum Gasteiger partial charge on any atom is -0.247 e. The van der Waals surface area contributed by atoms with Crippen LogP contribution in [0.1, 0.15) is 21.8 Å². The molecular formula is C15H17Cl2NS. The lowest BCUT2D eigenvalue weighted by atomic mass is 9.79. The zero-order chi connectivity index (χ0) is 13.9. The van der Waals surface area contributed by atoms with Crippen LogP contribution in [0.25, 0.3) is 0 Å². The minimum atomic E-state index is -0.237. The number of aryl methyl sites for hydroxylation is 2. The Morgan fingerprint density at radius 1 is 1.16 bits per heavy atom. The normalized spacial score (nSPS) is 11.8. The number of hydrogen-bond donors (Lipinski definition) is 0. The van der Waals surface area contributed by atoms with Crippen molar-refractivity contribution in [3.8, 4) is 0 Å². The number of nitrogens with zero attached hydrogens (tertiary/aromatic N) is 1. The molecule has 0 aliphatic heterocycles. The number of alkyl halides is 2. The molecule has 1 aromatic heterocycles. The highest BCUT2D eigenvalue weighted by molar-refractivity contribution is 7.09. The van der Waals surface area contributed by atoms with E-state index in [1.165, 1.54) is 11.1 Å². The zero-order valence-corrected chi connectivity index (χ0v) is 13.4. The first-order valence-corrected chi connectivity index (χ1v) is 8.15. The van der Waals surface area contributed by atoms with Crippen molar-refractivity contribution in [3.63, 3.8) is 0 Å². The average molecular weight is 314 g/mol. The molecule has 0 spiro atoms. The number of aromatic nitrogens is 1. The van der Waals surface area contributed by atoms with Gasteiger partial charge in [-0.3, -0.25) is 0 Å². The van der Waals surface area contributed by atoms with Crippen LogP contribution in [0.2, 0.25) is 0 Å². The maximum absolute atomic E-state index is 6.28. The molecule has 2 rings (SSSR count). The summed E-state index contributed by atoms with van der Waals surface area (Å²) in [5.74, 6) is 1.000. The zero-order valence-electron chi connectivity index (χ0n) is 11.1. The van der Waals surface area contributed by atoms with Crippen LogP contribution in [0.3, 0.4) is 0 Å². The van der Waals surface area contributed by atoms with E-state index in [0.29, 0.717) is 11.8 Å². The summed E-state index contributed by atoms with van der Waals surface area (Å²) >= 11 is 14.2. The van der Waals surface area contributed by atoms with Gasteiger partial charge in [-0.05, 0) is 25.0 Å². The van der Waals surface area contributed by atoms with Crippen molar-refractivity contribution in [1.29, 1.82) is 0 Å². The van der Waals surface area contributed by atoms with Gasteiger partial charge < -0.3 is 0 Å². The first-order valence-electron chi connectivity index (χ1n) is 6.20. The second-order valence-corrected chi connectivity index (χ2v) is 6.40. The van der Waals surface area contributed by atoms with Crippen LogP contribution in [0.5, 0.6) is 0 Å². The lowest BCUT2D eigenvalue weighted by molar-refractivity contribution is 0.531. The highest BCUT2D eigenvalue weighted by Gasteiger charge is 2.33. The summed E-state index contributed by atoms with van der Waals surface area (Å²) in [5, 5.41) is 3.17. The summed E-state index contributed by atoms with van der Waals surface area (Å²) in [7, 11) is 0. The van der Waals surface area contributed by atoms with Crippen LogP contribution in [0.4, 0.5) is 0 Å². The van der Waals surface area contributed by atoms with Gasteiger partial charge in [0.05, 0.1) is 5.01 Å². The number of thiazole rings is 1. The number of benzene rings is 1. The maximum atomic E-state index is 6.28. The van der Waals surface area contributed by atoms with Gasteiger partial charge in [0.1, 0.15) is 0 Å². The summed E-state index contributed by atoms with van der Waals surface area (Å²) in [6, 6.07) is 8.32. The van der Waals surface area contributed by atoms with Gasteiger partial charge in [0.15, 0.2) is 0 Å². The number of rotatable bonds is 5. The highest BCUT2D eigenvalue weighted by Crippen LogP contribution is 2.34. The summed E-state index contributed by atoms with van der Waals surface area (Å²) in [6.45, 7) is 4.12. The Bertz CT molecular complexity index is 547. The van der Waals surface area contributed by atoms with E-state index >= 15 is 0 Å². The Morgan fingerprint density at radius 2 is 1.84 bits per heavy atom. The fraction of sp³-hybridized carbons (Fsp3) is 0.400. The molecule has 102 valence electrons. The largest absolute Gasteiger partial charge is 0.247 e. The Labute approximate surface area is 128 Å². The van der Waals surface area contributed by atoms with Crippen LogP contribution < -0.4 is 0 Å². The second kappa shape index (κ2) is 6.25. The number of hydrogen-bond acceptors (Lipinski definition) is 2. The topological polar surface area (TPSA) is 12.9 Å². The van der Waals surface area contributed by atoms with Gasteiger partial charge in [0.2, 0.25) is 0 Å². The molecule has 0 bridgehead atoms. The molecule has 0 amide bonds. The smallest absolute Gasteiger partial charge is 0.0937 e.